The molecule has 6 nitrogen and oxygen atoms in total. The fourth-order valence-corrected chi connectivity index (χ4v) is 5.31. The number of unbranched alkanes of at least 4 members (excludes halogenated alkanes) is 1. The number of benzene rings is 1. The minimum atomic E-state index is -1.69. The molecule has 0 aromatic heterocycles. The maximum atomic E-state index is 13.3. The van der Waals surface area contributed by atoms with Crippen LogP contribution in [0.3, 0.4) is 0 Å². The van der Waals surface area contributed by atoms with Gasteiger partial charge in [-0.3, -0.25) is 4.79 Å². The number of hydrogen-bond acceptors (Lipinski definition) is 5. The molecule has 1 aliphatic heterocycles. The molecule has 0 radical (unpaired) electrons. The van der Waals surface area contributed by atoms with Crippen molar-refractivity contribution in [1.82, 2.24) is 4.90 Å². The number of rotatable bonds is 12. The summed E-state index contributed by atoms with van der Waals surface area (Å²) in [6, 6.07) is 7.44. The highest BCUT2D eigenvalue weighted by atomic mass is 79.9. The lowest BCUT2D eigenvalue weighted by Gasteiger charge is -2.44. The summed E-state index contributed by atoms with van der Waals surface area (Å²) < 4.78 is 17.5. The lowest BCUT2D eigenvalue weighted by atomic mass is 9.81. The molecule has 0 aliphatic carbocycles. The van der Waals surface area contributed by atoms with Crippen molar-refractivity contribution in [1.29, 1.82) is 0 Å². The summed E-state index contributed by atoms with van der Waals surface area (Å²) in [7, 11) is -0.0850. The van der Waals surface area contributed by atoms with Crippen LogP contribution in [0.1, 0.15) is 32.3 Å². The monoisotopic (exact) mass is 497 g/mol. The molecule has 1 heterocycles. The van der Waals surface area contributed by atoms with Gasteiger partial charge >= 0.3 is 0 Å². The van der Waals surface area contributed by atoms with Crippen molar-refractivity contribution in [2.45, 2.75) is 50.9 Å². The van der Waals surface area contributed by atoms with E-state index in [2.05, 4.69) is 29.4 Å². The summed E-state index contributed by atoms with van der Waals surface area (Å²) in [6.45, 7) is 10.8. The van der Waals surface area contributed by atoms with Gasteiger partial charge in [0.15, 0.2) is 20.9 Å². The van der Waals surface area contributed by atoms with Crippen LogP contribution in [0.15, 0.2) is 36.4 Å². The molecule has 0 N–H and O–H groups in total. The van der Waals surface area contributed by atoms with Gasteiger partial charge in [-0.05, 0) is 37.6 Å². The van der Waals surface area contributed by atoms with Crippen molar-refractivity contribution in [2.24, 2.45) is 0 Å². The van der Waals surface area contributed by atoms with Crippen molar-refractivity contribution >= 4 is 37.2 Å². The van der Waals surface area contributed by atoms with E-state index in [1.54, 1.807) is 18.9 Å². The van der Waals surface area contributed by atoms with Gasteiger partial charge in [-0.2, -0.15) is 0 Å². The first kappa shape index (κ1) is 24.8. The Morgan fingerprint density at radius 2 is 1.97 bits per heavy atom. The smallest absolute Gasteiger partial charge is 0.253 e. The van der Waals surface area contributed by atoms with Crippen molar-refractivity contribution in [3.63, 3.8) is 0 Å². The molecular formula is C22H32BrNO5Si. The molecule has 0 saturated carbocycles. The number of hydrogen-bond donors (Lipinski definition) is 0. The van der Waals surface area contributed by atoms with Crippen LogP contribution in [-0.4, -0.2) is 62.6 Å². The first-order valence-corrected chi connectivity index (χ1v) is 13.8. The van der Waals surface area contributed by atoms with Gasteiger partial charge in [-0.1, -0.05) is 48.0 Å². The number of aldehydes is 1. The number of halogens is 1. The predicted molar refractivity (Wildman–Crippen MR) is 124 cm³/mol. The summed E-state index contributed by atoms with van der Waals surface area (Å²) in [5, 5.41) is 0. The lowest BCUT2D eigenvalue weighted by Crippen LogP contribution is -2.63. The average molecular weight is 498 g/mol. The Labute approximate surface area is 189 Å². The van der Waals surface area contributed by atoms with Crippen LogP contribution in [0.2, 0.25) is 6.55 Å². The zero-order chi connectivity index (χ0) is 22.4. The van der Waals surface area contributed by atoms with E-state index in [0.717, 1.165) is 30.4 Å². The molecule has 1 amide bonds. The van der Waals surface area contributed by atoms with E-state index >= 15 is 0 Å². The number of amides is 1. The standard InChI is InChI=1S/C22H32BrNO5Si/c1-6-7-12-28-15-22(14-25)21(3,29-30(5)16-23)17(2)20(26)24(22)13-18-8-10-19(27-4)11-9-18/h8-11,14,30H,2,6-7,12-13,15-16H2,1,3-5H3/t21-,22+,30?/m0/s1. The van der Waals surface area contributed by atoms with Crippen LogP contribution >= 0.6 is 15.9 Å². The highest BCUT2D eigenvalue weighted by molar-refractivity contribution is 9.09. The number of carbonyl (C=O) groups excluding carboxylic acids is 2. The largest absolute Gasteiger partial charge is 0.497 e. The highest BCUT2D eigenvalue weighted by Gasteiger charge is 2.64. The molecule has 0 bridgehead atoms. The highest BCUT2D eigenvalue weighted by Crippen LogP contribution is 2.45. The van der Waals surface area contributed by atoms with Gasteiger partial charge in [0.1, 0.15) is 11.4 Å². The molecule has 1 saturated heterocycles. The molecule has 166 valence electrons. The van der Waals surface area contributed by atoms with E-state index < -0.39 is 20.2 Å². The quantitative estimate of drug-likeness (QED) is 0.145. The molecule has 1 aromatic carbocycles. The first-order chi connectivity index (χ1) is 14.3. The summed E-state index contributed by atoms with van der Waals surface area (Å²) in [5.74, 6) is 0.445. The second-order valence-electron chi connectivity index (χ2n) is 7.78. The summed E-state index contributed by atoms with van der Waals surface area (Å²) in [6.07, 6.45) is 2.68. The summed E-state index contributed by atoms with van der Waals surface area (Å²) >= 11 is 3.47. The average Bonchev–Trinajstić information content (AvgIpc) is 2.90. The van der Waals surface area contributed by atoms with E-state index in [9.17, 15) is 9.59 Å². The predicted octanol–water partition coefficient (Wildman–Crippen LogP) is 3.41. The molecule has 1 aliphatic rings. The fraction of sp³-hybridized carbons (Fsp3) is 0.545. The Hall–Kier alpha value is -1.48. The second-order valence-corrected chi connectivity index (χ2v) is 11.9. The molecule has 0 spiro atoms. The Balaban J connectivity index is 2.45. The SMILES string of the molecule is C=C1C(=O)N(Cc2ccc(OC)cc2)[C@](C=O)(COCCCC)[C@@]1(C)O[SiH](C)CBr. The number of likely N-dealkylation sites (tertiary alicyclic amines) is 1. The lowest BCUT2D eigenvalue weighted by molar-refractivity contribution is -0.145. The molecule has 1 fully saturated rings. The number of alkyl halides is 1. The molecule has 8 heteroatoms. The van der Waals surface area contributed by atoms with Crippen molar-refractivity contribution in [3.8, 4) is 5.75 Å². The Kier molecular flexibility index (Phi) is 8.84. The van der Waals surface area contributed by atoms with E-state index in [-0.39, 0.29) is 19.1 Å². The van der Waals surface area contributed by atoms with Crippen LogP contribution in [0.25, 0.3) is 0 Å². The fourth-order valence-electron chi connectivity index (χ4n) is 3.70. The van der Waals surface area contributed by atoms with Gasteiger partial charge in [0.2, 0.25) is 0 Å². The summed E-state index contributed by atoms with van der Waals surface area (Å²) in [5.41, 5.74) is -1.25. The van der Waals surface area contributed by atoms with Crippen LogP contribution in [0, 0.1) is 0 Å². The minimum Gasteiger partial charge on any atom is -0.497 e. The third kappa shape index (κ3) is 4.71. The Bertz CT molecular complexity index is 758. The third-order valence-electron chi connectivity index (χ3n) is 5.70. The normalized spacial score (nSPS) is 24.9. The Morgan fingerprint density at radius 1 is 1.30 bits per heavy atom. The van der Waals surface area contributed by atoms with Gasteiger partial charge < -0.3 is 23.6 Å². The molecule has 3 atom stereocenters. The van der Waals surface area contributed by atoms with Crippen LogP contribution in [-0.2, 0) is 25.3 Å². The zero-order valence-corrected chi connectivity index (χ0v) is 21.0. The van der Waals surface area contributed by atoms with Gasteiger partial charge in [-0.25, -0.2) is 0 Å². The van der Waals surface area contributed by atoms with Crippen molar-refractivity contribution in [3.05, 3.63) is 42.0 Å². The molecule has 2 rings (SSSR count). The summed E-state index contributed by atoms with van der Waals surface area (Å²) in [4.78, 5) is 28.2. The third-order valence-corrected chi connectivity index (χ3v) is 9.74. The molecular weight excluding hydrogens is 466 g/mol. The van der Waals surface area contributed by atoms with Crippen LogP contribution < -0.4 is 4.74 Å². The van der Waals surface area contributed by atoms with Gasteiger partial charge in [-0.15, -0.1) is 0 Å². The number of nitrogens with zero attached hydrogens (tertiary/aromatic N) is 1. The topological polar surface area (TPSA) is 65.1 Å². The number of ether oxygens (including phenoxy) is 2. The van der Waals surface area contributed by atoms with E-state index in [4.69, 9.17) is 13.9 Å². The first-order valence-electron chi connectivity index (χ1n) is 10.2. The second kappa shape index (κ2) is 10.7. The maximum absolute atomic E-state index is 13.3. The van der Waals surface area contributed by atoms with E-state index in [0.29, 0.717) is 17.1 Å². The van der Waals surface area contributed by atoms with Gasteiger partial charge in [0.25, 0.3) is 5.91 Å². The maximum Gasteiger partial charge on any atom is 0.253 e. The molecule has 1 aromatic rings. The number of carbonyl (C=O) groups is 2. The number of methoxy groups -OCH3 is 1. The van der Waals surface area contributed by atoms with E-state index in [1.807, 2.05) is 30.8 Å². The van der Waals surface area contributed by atoms with Gasteiger partial charge in [0, 0.05) is 23.7 Å². The van der Waals surface area contributed by atoms with Crippen LogP contribution in [0.4, 0.5) is 0 Å². The van der Waals surface area contributed by atoms with E-state index in [1.165, 1.54) is 0 Å². The van der Waals surface area contributed by atoms with Crippen LogP contribution in [0.5, 0.6) is 5.75 Å². The Morgan fingerprint density at radius 3 is 2.50 bits per heavy atom. The van der Waals surface area contributed by atoms with Crippen molar-refractivity contribution < 1.29 is 23.5 Å². The molecule has 30 heavy (non-hydrogen) atoms. The van der Waals surface area contributed by atoms with Gasteiger partial charge in [0.05, 0.1) is 13.7 Å². The molecule has 1 unspecified atom stereocenters. The zero-order valence-electron chi connectivity index (χ0n) is 18.3. The van der Waals surface area contributed by atoms with Crippen molar-refractivity contribution in [2.75, 3.05) is 25.3 Å². The minimum absolute atomic E-state index is 0.0668.